The van der Waals surface area contributed by atoms with Crippen molar-refractivity contribution in [3.05, 3.63) is 76.3 Å². The van der Waals surface area contributed by atoms with E-state index in [-0.39, 0.29) is 17.5 Å². The number of fused-ring (bicyclic) bond motifs is 2. The average Bonchev–Trinajstić information content (AvgIpc) is 3.28. The fourth-order valence-electron chi connectivity index (χ4n) is 5.29. The Bertz CT molecular complexity index is 1160. The van der Waals surface area contributed by atoms with Gasteiger partial charge in [-0.1, -0.05) is 36.4 Å². The fourth-order valence-corrected chi connectivity index (χ4v) is 5.29. The topological polar surface area (TPSA) is 58.4 Å². The second-order valence-electron chi connectivity index (χ2n) is 9.14. The third kappa shape index (κ3) is 4.07. The Morgan fingerprint density at radius 2 is 1.81 bits per heavy atom. The third-order valence-electron chi connectivity index (χ3n) is 7.21. The van der Waals surface area contributed by atoms with Gasteiger partial charge in [-0.2, -0.15) is 0 Å². The van der Waals surface area contributed by atoms with E-state index in [1.807, 2.05) is 30.1 Å². The summed E-state index contributed by atoms with van der Waals surface area (Å²) in [6.45, 7) is 2.39. The highest BCUT2D eigenvalue weighted by Gasteiger charge is 2.32. The molecule has 0 N–H and O–H groups in total. The van der Waals surface area contributed by atoms with Gasteiger partial charge in [0, 0.05) is 38.6 Å². The van der Waals surface area contributed by atoms with Crippen molar-refractivity contribution in [3.8, 4) is 0 Å². The molecular weight excluding hydrogens is 400 g/mol. The smallest absolute Gasteiger partial charge is 0.261 e. The van der Waals surface area contributed by atoms with Crippen LogP contribution in [0.1, 0.15) is 30.4 Å². The molecule has 5 rings (SSSR count). The van der Waals surface area contributed by atoms with Crippen LogP contribution in [0.25, 0.3) is 10.9 Å². The molecule has 1 amide bonds. The van der Waals surface area contributed by atoms with Crippen LogP contribution in [0.4, 0.5) is 0 Å². The van der Waals surface area contributed by atoms with Crippen molar-refractivity contribution >= 4 is 16.8 Å². The molecule has 3 aromatic rings. The monoisotopic (exact) mass is 430 g/mol. The van der Waals surface area contributed by atoms with Crippen molar-refractivity contribution in [2.75, 3.05) is 20.1 Å². The van der Waals surface area contributed by atoms with Crippen LogP contribution in [-0.2, 0) is 24.2 Å². The Hall–Kier alpha value is -2.99. The molecule has 0 radical (unpaired) electrons. The minimum Gasteiger partial charge on any atom is -0.341 e. The number of aryl methyl sites for hydroxylation is 1. The lowest BCUT2D eigenvalue weighted by atomic mass is 10.0. The van der Waals surface area contributed by atoms with Crippen LogP contribution in [0.2, 0.25) is 0 Å². The van der Waals surface area contributed by atoms with Gasteiger partial charge >= 0.3 is 0 Å². The van der Waals surface area contributed by atoms with E-state index in [0.29, 0.717) is 29.9 Å². The Kier molecular flexibility index (Phi) is 5.79. The summed E-state index contributed by atoms with van der Waals surface area (Å²) >= 11 is 0. The molecule has 1 saturated heterocycles. The number of para-hydroxylation sites is 1. The van der Waals surface area contributed by atoms with Crippen molar-refractivity contribution in [2.45, 2.75) is 50.7 Å². The Labute approximate surface area is 188 Å². The molecule has 1 aliphatic heterocycles. The number of rotatable bonds is 5. The zero-order valence-electron chi connectivity index (χ0n) is 18.6. The highest BCUT2D eigenvalue weighted by atomic mass is 16.2. The van der Waals surface area contributed by atoms with Crippen LogP contribution in [0.3, 0.4) is 0 Å². The van der Waals surface area contributed by atoms with Gasteiger partial charge in [-0.05, 0) is 55.5 Å². The summed E-state index contributed by atoms with van der Waals surface area (Å²) in [6.07, 6.45) is 6.23. The normalized spacial score (nSPS) is 19.2. The van der Waals surface area contributed by atoms with Crippen LogP contribution in [0.5, 0.6) is 0 Å². The Morgan fingerprint density at radius 3 is 2.59 bits per heavy atom. The molecule has 166 valence electrons. The molecule has 2 aliphatic rings. The lowest BCUT2D eigenvalue weighted by molar-refractivity contribution is -0.133. The quantitative estimate of drug-likeness (QED) is 0.625. The molecule has 1 fully saturated rings. The number of carbonyl (C=O) groups excluding carboxylic acids is 1. The number of likely N-dealkylation sites (tertiary alicyclic amines) is 1. The number of aromatic nitrogens is 2. The van der Waals surface area contributed by atoms with Crippen molar-refractivity contribution in [1.29, 1.82) is 0 Å². The van der Waals surface area contributed by atoms with Gasteiger partial charge < -0.3 is 4.90 Å². The van der Waals surface area contributed by atoms with Crippen molar-refractivity contribution in [1.82, 2.24) is 19.4 Å². The molecule has 2 heterocycles. The minimum absolute atomic E-state index is 0.0873. The standard InChI is InChI=1S/C26H30N4O2/c1-28(25(31)12-14-30-18-27-24-11-5-4-10-23(24)26(30)32)21-9-6-13-29(17-21)22-15-19-7-2-3-8-20(19)16-22/h2-5,7-8,10-11,18,21-22H,6,9,12-17H2,1H3/t21-/m0/s1. The SMILES string of the molecule is CN(C(=O)CCn1cnc2ccccc2c1=O)[C@H]1CCCN(C2Cc3ccccc3C2)C1. The molecule has 1 aromatic heterocycles. The summed E-state index contributed by atoms with van der Waals surface area (Å²) in [6, 6.07) is 16.8. The molecule has 6 heteroatoms. The molecule has 0 unspecified atom stereocenters. The van der Waals surface area contributed by atoms with E-state index in [9.17, 15) is 9.59 Å². The van der Waals surface area contributed by atoms with Gasteiger partial charge in [-0.25, -0.2) is 4.98 Å². The first-order chi connectivity index (χ1) is 15.6. The van der Waals surface area contributed by atoms with E-state index >= 15 is 0 Å². The summed E-state index contributed by atoms with van der Waals surface area (Å²) in [5.74, 6) is 0.0895. The zero-order chi connectivity index (χ0) is 22.1. The van der Waals surface area contributed by atoms with Crippen LogP contribution < -0.4 is 5.56 Å². The maximum absolute atomic E-state index is 13.0. The molecule has 2 aromatic carbocycles. The number of benzene rings is 2. The van der Waals surface area contributed by atoms with Crippen LogP contribution in [-0.4, -0.2) is 57.5 Å². The maximum Gasteiger partial charge on any atom is 0.261 e. The van der Waals surface area contributed by atoms with Gasteiger partial charge in [-0.3, -0.25) is 19.1 Å². The molecule has 1 atom stereocenters. The maximum atomic E-state index is 13.0. The lowest BCUT2D eigenvalue weighted by Gasteiger charge is -2.40. The average molecular weight is 431 g/mol. The van der Waals surface area contributed by atoms with E-state index in [0.717, 1.165) is 38.8 Å². The number of nitrogens with zero attached hydrogens (tertiary/aromatic N) is 4. The lowest BCUT2D eigenvalue weighted by Crippen LogP contribution is -2.51. The van der Waals surface area contributed by atoms with Gasteiger partial charge in [0.25, 0.3) is 5.56 Å². The van der Waals surface area contributed by atoms with Crippen LogP contribution in [0.15, 0.2) is 59.7 Å². The van der Waals surface area contributed by atoms with Crippen molar-refractivity contribution < 1.29 is 4.79 Å². The number of carbonyl (C=O) groups is 1. The van der Waals surface area contributed by atoms with E-state index in [1.54, 1.807) is 17.0 Å². The van der Waals surface area contributed by atoms with Crippen LogP contribution >= 0.6 is 0 Å². The van der Waals surface area contributed by atoms with Crippen molar-refractivity contribution in [3.63, 3.8) is 0 Å². The van der Waals surface area contributed by atoms with Gasteiger partial charge in [0.2, 0.25) is 5.91 Å². The summed E-state index contributed by atoms with van der Waals surface area (Å²) < 4.78 is 1.55. The van der Waals surface area contributed by atoms with Gasteiger partial charge in [0.1, 0.15) is 0 Å². The van der Waals surface area contributed by atoms with E-state index in [1.165, 1.54) is 11.1 Å². The molecule has 0 saturated carbocycles. The molecule has 0 bridgehead atoms. The predicted octanol–water partition coefficient (Wildman–Crippen LogP) is 2.88. The van der Waals surface area contributed by atoms with E-state index < -0.39 is 0 Å². The summed E-state index contributed by atoms with van der Waals surface area (Å²) in [7, 11) is 1.92. The summed E-state index contributed by atoms with van der Waals surface area (Å²) in [4.78, 5) is 34.5. The number of likely N-dealkylation sites (N-methyl/N-ethyl adjacent to an activating group) is 1. The second kappa shape index (κ2) is 8.87. The highest BCUT2D eigenvalue weighted by molar-refractivity contribution is 5.77. The van der Waals surface area contributed by atoms with E-state index in [4.69, 9.17) is 0 Å². The highest BCUT2D eigenvalue weighted by Crippen LogP contribution is 2.28. The Morgan fingerprint density at radius 1 is 1.09 bits per heavy atom. The van der Waals surface area contributed by atoms with Gasteiger partial charge in [0.15, 0.2) is 0 Å². The third-order valence-corrected chi connectivity index (χ3v) is 7.21. The predicted molar refractivity (Wildman–Crippen MR) is 126 cm³/mol. The van der Waals surface area contributed by atoms with Crippen molar-refractivity contribution in [2.24, 2.45) is 0 Å². The molecule has 1 aliphatic carbocycles. The van der Waals surface area contributed by atoms with Gasteiger partial charge in [-0.15, -0.1) is 0 Å². The number of hydrogen-bond acceptors (Lipinski definition) is 4. The second-order valence-corrected chi connectivity index (χ2v) is 9.14. The number of amides is 1. The first-order valence-corrected chi connectivity index (χ1v) is 11.6. The van der Waals surface area contributed by atoms with Crippen LogP contribution in [0, 0.1) is 0 Å². The number of hydrogen-bond donors (Lipinski definition) is 0. The molecule has 0 spiro atoms. The number of piperidine rings is 1. The van der Waals surface area contributed by atoms with Gasteiger partial charge in [0.05, 0.1) is 17.2 Å². The summed E-state index contributed by atoms with van der Waals surface area (Å²) in [5.41, 5.74) is 3.54. The molecular formula is C26H30N4O2. The molecule has 6 nitrogen and oxygen atoms in total. The zero-order valence-corrected chi connectivity index (χ0v) is 18.6. The first kappa shape index (κ1) is 20.9. The minimum atomic E-state index is -0.0873. The first-order valence-electron chi connectivity index (χ1n) is 11.6. The van der Waals surface area contributed by atoms with E-state index in [2.05, 4.69) is 34.1 Å². The summed E-state index contributed by atoms with van der Waals surface area (Å²) in [5, 5.41) is 0.594. The largest absolute Gasteiger partial charge is 0.341 e. The fraction of sp³-hybridized carbons (Fsp3) is 0.423. The Balaban J connectivity index is 1.20. The molecule has 32 heavy (non-hydrogen) atoms.